The molecule has 0 aliphatic heterocycles. The van der Waals surface area contributed by atoms with E-state index >= 15 is 0 Å². The molecule has 4 nitrogen and oxygen atoms in total. The molecule has 0 atom stereocenters. The molecule has 0 spiro atoms. The van der Waals surface area contributed by atoms with E-state index in [1.807, 2.05) is 0 Å². The molecule has 1 aromatic rings. The maximum absolute atomic E-state index is 12.3. The molecule has 0 saturated carbocycles. The zero-order valence-corrected chi connectivity index (χ0v) is 9.07. The second kappa shape index (κ2) is 5.42. The second-order valence-electron chi connectivity index (χ2n) is 3.10. The van der Waals surface area contributed by atoms with Gasteiger partial charge in [0.1, 0.15) is 17.9 Å². The summed E-state index contributed by atoms with van der Waals surface area (Å²) in [6, 6.07) is 3.46. The number of aromatic nitrogens is 1. The van der Waals surface area contributed by atoms with Gasteiger partial charge < -0.3 is 5.73 Å². The van der Waals surface area contributed by atoms with Gasteiger partial charge in [0.25, 0.3) is 0 Å². The Morgan fingerprint density at radius 2 is 2.18 bits per heavy atom. The predicted molar refractivity (Wildman–Crippen MR) is 59.3 cm³/mol. The molecule has 1 rings (SSSR count). The summed E-state index contributed by atoms with van der Waals surface area (Å²) in [4.78, 5) is 10.7. The fraction of sp³-hybridized carbons (Fsp3) is 0.300. The Balaban J connectivity index is 2.87. The molecule has 2 N–H and O–H groups in total. The molecule has 1 aromatic heterocycles. The van der Waals surface area contributed by atoms with Crippen LogP contribution in [0.25, 0.3) is 0 Å². The number of alkyl halides is 3. The molecule has 7 heteroatoms. The molecular formula is C10H11F3N4. The minimum Gasteiger partial charge on any atom is -0.387 e. The summed E-state index contributed by atoms with van der Waals surface area (Å²) in [7, 11) is 0. The highest BCUT2D eigenvalue weighted by Crippen LogP contribution is 2.28. The Hall–Kier alpha value is -1.92. The maximum Gasteiger partial charge on any atom is 0.433 e. The lowest BCUT2D eigenvalue weighted by atomic mass is 10.3. The van der Waals surface area contributed by atoms with Crippen molar-refractivity contribution in [1.29, 1.82) is 0 Å². The molecule has 0 saturated heterocycles. The normalized spacial score (nSPS) is 13.3. The topological polar surface area (TPSA) is 63.6 Å². The van der Waals surface area contributed by atoms with Crippen molar-refractivity contribution < 1.29 is 13.2 Å². The Morgan fingerprint density at radius 1 is 1.47 bits per heavy atom. The van der Waals surface area contributed by atoms with Crippen LogP contribution in [0.2, 0.25) is 0 Å². The number of hydrogen-bond donors (Lipinski definition) is 1. The van der Waals surface area contributed by atoms with E-state index in [0.29, 0.717) is 12.3 Å². The first-order valence-corrected chi connectivity index (χ1v) is 4.82. The van der Waals surface area contributed by atoms with Crippen LogP contribution in [0.15, 0.2) is 28.2 Å². The number of amidine groups is 1. The standard InChI is InChI=1S/C10H11F3N4/c1-2-8(14)15-6-16-9-5-3-4-7(17-9)10(11,12)13/h3-6H,2H2,1H3,(H2,14,15,16,17). The monoisotopic (exact) mass is 244 g/mol. The minimum absolute atomic E-state index is 0.0625. The summed E-state index contributed by atoms with van der Waals surface area (Å²) >= 11 is 0. The summed E-state index contributed by atoms with van der Waals surface area (Å²) in [6.07, 6.45) is -2.85. The van der Waals surface area contributed by atoms with Crippen LogP contribution in [0.3, 0.4) is 0 Å². The number of nitrogens with two attached hydrogens (primary N) is 1. The van der Waals surface area contributed by atoms with Gasteiger partial charge in [-0.3, -0.25) is 0 Å². The van der Waals surface area contributed by atoms with Crippen molar-refractivity contribution >= 4 is 18.0 Å². The Kier molecular flexibility index (Phi) is 4.19. The third kappa shape index (κ3) is 4.21. The quantitative estimate of drug-likeness (QED) is 0.656. The van der Waals surface area contributed by atoms with Crippen molar-refractivity contribution in [2.75, 3.05) is 0 Å². The van der Waals surface area contributed by atoms with Crippen molar-refractivity contribution in [1.82, 2.24) is 4.98 Å². The van der Waals surface area contributed by atoms with Gasteiger partial charge in [-0.15, -0.1) is 0 Å². The summed E-state index contributed by atoms with van der Waals surface area (Å²) < 4.78 is 36.9. The van der Waals surface area contributed by atoms with Crippen molar-refractivity contribution in [3.8, 4) is 0 Å². The second-order valence-corrected chi connectivity index (χ2v) is 3.10. The van der Waals surface area contributed by atoms with Crippen LogP contribution < -0.4 is 5.73 Å². The summed E-state index contributed by atoms with van der Waals surface area (Å²) in [5.41, 5.74) is 4.41. The molecule has 0 aliphatic carbocycles. The average Bonchev–Trinajstić information content (AvgIpc) is 2.28. The van der Waals surface area contributed by atoms with E-state index in [1.165, 1.54) is 12.1 Å². The minimum atomic E-state index is -4.47. The van der Waals surface area contributed by atoms with Gasteiger partial charge in [-0.05, 0) is 12.1 Å². The molecule has 1 heterocycles. The fourth-order valence-electron chi connectivity index (χ4n) is 0.907. The van der Waals surface area contributed by atoms with Crippen LogP contribution in [-0.2, 0) is 6.18 Å². The number of hydrogen-bond acceptors (Lipinski definition) is 2. The first-order valence-electron chi connectivity index (χ1n) is 4.82. The summed E-state index contributed by atoms with van der Waals surface area (Å²) in [5.74, 6) is 0.285. The van der Waals surface area contributed by atoms with Crippen LogP contribution in [0.1, 0.15) is 19.0 Å². The molecule has 0 radical (unpaired) electrons. The van der Waals surface area contributed by atoms with Crippen LogP contribution in [0, 0.1) is 0 Å². The van der Waals surface area contributed by atoms with Crippen LogP contribution >= 0.6 is 0 Å². The Labute approximate surface area is 96.1 Å². The Morgan fingerprint density at radius 3 is 2.76 bits per heavy atom. The van der Waals surface area contributed by atoms with Gasteiger partial charge in [0.05, 0.1) is 0 Å². The molecule has 92 valence electrons. The average molecular weight is 244 g/mol. The lowest BCUT2D eigenvalue weighted by molar-refractivity contribution is -0.141. The first kappa shape index (κ1) is 13.1. The highest BCUT2D eigenvalue weighted by Gasteiger charge is 2.32. The highest BCUT2D eigenvalue weighted by atomic mass is 19.4. The van der Waals surface area contributed by atoms with Gasteiger partial charge in [0.2, 0.25) is 0 Å². The molecule has 0 amide bonds. The van der Waals surface area contributed by atoms with E-state index in [9.17, 15) is 13.2 Å². The van der Waals surface area contributed by atoms with E-state index in [0.717, 1.165) is 12.4 Å². The molecule has 0 bridgehead atoms. The maximum atomic E-state index is 12.3. The van der Waals surface area contributed by atoms with Gasteiger partial charge in [-0.2, -0.15) is 13.2 Å². The first-order chi connectivity index (χ1) is 7.93. The third-order valence-corrected chi connectivity index (χ3v) is 1.80. The lowest BCUT2D eigenvalue weighted by Gasteiger charge is -2.04. The fourth-order valence-corrected chi connectivity index (χ4v) is 0.907. The van der Waals surface area contributed by atoms with E-state index in [4.69, 9.17) is 5.73 Å². The van der Waals surface area contributed by atoms with Gasteiger partial charge in [-0.25, -0.2) is 15.0 Å². The van der Waals surface area contributed by atoms with Crippen molar-refractivity contribution in [2.45, 2.75) is 19.5 Å². The SMILES string of the molecule is CCC(N)=N/C=N/c1cccc(C(F)(F)F)n1. The van der Waals surface area contributed by atoms with E-state index in [-0.39, 0.29) is 5.82 Å². The number of halogens is 3. The van der Waals surface area contributed by atoms with Gasteiger partial charge in [0, 0.05) is 6.42 Å². The smallest absolute Gasteiger partial charge is 0.387 e. The van der Waals surface area contributed by atoms with Crippen LogP contribution in [-0.4, -0.2) is 17.2 Å². The van der Waals surface area contributed by atoms with E-state index < -0.39 is 11.9 Å². The number of pyridine rings is 1. The van der Waals surface area contributed by atoms with Crippen LogP contribution in [0.4, 0.5) is 19.0 Å². The van der Waals surface area contributed by atoms with E-state index in [2.05, 4.69) is 15.0 Å². The zero-order valence-electron chi connectivity index (χ0n) is 9.07. The molecule has 0 aromatic carbocycles. The van der Waals surface area contributed by atoms with Crippen molar-refractivity contribution in [3.63, 3.8) is 0 Å². The third-order valence-electron chi connectivity index (χ3n) is 1.80. The number of rotatable bonds is 3. The number of aliphatic imine (C=N–C) groups is 2. The van der Waals surface area contributed by atoms with Gasteiger partial charge >= 0.3 is 6.18 Å². The number of nitrogens with zero attached hydrogens (tertiary/aromatic N) is 3. The van der Waals surface area contributed by atoms with Gasteiger partial charge in [-0.1, -0.05) is 13.0 Å². The summed E-state index contributed by atoms with van der Waals surface area (Å²) in [6.45, 7) is 1.80. The van der Waals surface area contributed by atoms with Crippen LogP contribution in [0.5, 0.6) is 0 Å². The molecule has 0 unspecified atom stereocenters. The van der Waals surface area contributed by atoms with Crippen molar-refractivity contribution in [3.05, 3.63) is 23.9 Å². The zero-order chi connectivity index (χ0) is 12.9. The molecule has 0 fully saturated rings. The largest absolute Gasteiger partial charge is 0.433 e. The van der Waals surface area contributed by atoms with Crippen molar-refractivity contribution in [2.24, 2.45) is 15.7 Å². The van der Waals surface area contributed by atoms with E-state index in [1.54, 1.807) is 6.92 Å². The molecule has 17 heavy (non-hydrogen) atoms. The molecular weight excluding hydrogens is 233 g/mol. The van der Waals surface area contributed by atoms with Gasteiger partial charge in [0.15, 0.2) is 5.82 Å². The Bertz CT molecular complexity index is 437. The lowest BCUT2D eigenvalue weighted by Crippen LogP contribution is -2.09. The summed E-state index contributed by atoms with van der Waals surface area (Å²) in [5, 5.41) is 0. The molecule has 0 aliphatic rings. The highest BCUT2D eigenvalue weighted by molar-refractivity contribution is 5.87. The predicted octanol–water partition coefficient (Wildman–Crippen LogP) is 2.53.